The van der Waals surface area contributed by atoms with Gasteiger partial charge in [-0.1, -0.05) is 61.7 Å². The summed E-state index contributed by atoms with van der Waals surface area (Å²) < 4.78 is 62.0. The third-order valence-corrected chi connectivity index (χ3v) is 8.51. The molecule has 152 valence electrons. The van der Waals surface area contributed by atoms with Crippen molar-refractivity contribution in [3.63, 3.8) is 0 Å². The van der Waals surface area contributed by atoms with Gasteiger partial charge in [-0.2, -0.15) is 0 Å². The first kappa shape index (κ1) is 22.2. The molecule has 0 atom stereocenters. The van der Waals surface area contributed by atoms with Crippen LogP contribution in [0.5, 0.6) is 0 Å². The molecular formula is C19H23FN2O4S2. The molecule has 2 rings (SSSR count). The second kappa shape index (κ2) is 9.91. The van der Waals surface area contributed by atoms with Gasteiger partial charge in [-0.3, -0.25) is 0 Å². The third-order valence-electron chi connectivity index (χ3n) is 4.52. The minimum absolute atomic E-state index is 0.165. The normalized spacial score (nSPS) is 16.8. The van der Waals surface area contributed by atoms with Crippen molar-refractivity contribution in [2.75, 3.05) is 11.5 Å². The lowest BCUT2D eigenvalue weighted by atomic mass is 9.89. The van der Waals surface area contributed by atoms with Gasteiger partial charge in [0, 0.05) is 5.56 Å². The third kappa shape index (κ3) is 6.22. The standard InChI is InChI=1S/C19H23FN2O4S2/c20-18(17-11-5-2-6-12-17)13-15-28(25,26)19(22-21)27(23,24)14-7-10-16-8-3-1-4-9-16/h2,5-7,10-13,16H,1,3-4,8-9,14-15H2. The zero-order chi connectivity index (χ0) is 20.6. The lowest BCUT2D eigenvalue weighted by Crippen LogP contribution is -2.29. The van der Waals surface area contributed by atoms with E-state index < -0.39 is 41.4 Å². The predicted octanol–water partition coefficient (Wildman–Crippen LogP) is 3.55. The first-order valence-electron chi connectivity index (χ1n) is 9.01. The van der Waals surface area contributed by atoms with Crippen molar-refractivity contribution in [1.29, 1.82) is 0 Å². The number of rotatable bonds is 6. The van der Waals surface area contributed by atoms with Crippen LogP contribution in [0.2, 0.25) is 0 Å². The highest BCUT2D eigenvalue weighted by molar-refractivity contribution is 8.31. The molecule has 0 spiro atoms. The van der Waals surface area contributed by atoms with E-state index in [2.05, 4.69) is 4.79 Å². The number of benzene rings is 1. The summed E-state index contributed by atoms with van der Waals surface area (Å²) in [6, 6.07) is 7.75. The van der Waals surface area contributed by atoms with Crippen LogP contribution in [0, 0.1) is 5.92 Å². The summed E-state index contributed by atoms with van der Waals surface area (Å²) in [5.41, 5.74) is 9.18. The minimum atomic E-state index is -4.53. The molecular weight excluding hydrogens is 403 g/mol. The van der Waals surface area contributed by atoms with Crippen LogP contribution >= 0.6 is 0 Å². The van der Waals surface area contributed by atoms with Gasteiger partial charge in [0.05, 0.1) is 11.5 Å². The van der Waals surface area contributed by atoms with Crippen LogP contribution in [0.1, 0.15) is 37.7 Å². The summed E-state index contributed by atoms with van der Waals surface area (Å²) in [5, 5.41) is 0. The Balaban J connectivity index is 2.10. The molecule has 1 saturated carbocycles. The highest BCUT2D eigenvalue weighted by Gasteiger charge is 2.40. The molecule has 0 bridgehead atoms. The predicted molar refractivity (Wildman–Crippen MR) is 107 cm³/mol. The molecule has 6 nitrogen and oxygen atoms in total. The smallest absolute Gasteiger partial charge is 0.359 e. The van der Waals surface area contributed by atoms with E-state index in [9.17, 15) is 21.2 Å². The van der Waals surface area contributed by atoms with E-state index in [0.29, 0.717) is 0 Å². The Labute approximate surface area is 165 Å². The highest BCUT2D eigenvalue weighted by atomic mass is 32.3. The average molecular weight is 427 g/mol. The van der Waals surface area contributed by atoms with Crippen LogP contribution in [0.15, 0.2) is 48.6 Å². The van der Waals surface area contributed by atoms with Crippen molar-refractivity contribution >= 4 is 29.9 Å². The summed E-state index contributed by atoms with van der Waals surface area (Å²) in [4.78, 5) is 2.50. The maximum atomic E-state index is 14.1. The summed E-state index contributed by atoms with van der Waals surface area (Å²) in [6.07, 6.45) is 9.19. The highest BCUT2D eigenvalue weighted by Crippen LogP contribution is 2.24. The van der Waals surface area contributed by atoms with Crippen molar-refractivity contribution in [1.82, 2.24) is 0 Å². The van der Waals surface area contributed by atoms with E-state index in [-0.39, 0.29) is 11.5 Å². The summed E-state index contributed by atoms with van der Waals surface area (Å²) in [7, 11) is -8.90. The van der Waals surface area contributed by atoms with Crippen molar-refractivity contribution in [2.24, 2.45) is 5.92 Å². The van der Waals surface area contributed by atoms with Crippen molar-refractivity contribution in [3.8, 4) is 0 Å². The molecule has 0 aliphatic heterocycles. The Hall–Kier alpha value is -2.09. The Morgan fingerprint density at radius 2 is 1.64 bits per heavy atom. The van der Waals surface area contributed by atoms with E-state index in [0.717, 1.165) is 38.2 Å². The fourth-order valence-electron chi connectivity index (χ4n) is 3.06. The van der Waals surface area contributed by atoms with Gasteiger partial charge in [-0.05, 0) is 24.8 Å². The second-order valence-corrected chi connectivity index (χ2v) is 10.8. The SMILES string of the molecule is [N-]=[N+]=C(S(=O)(=O)CC=CC1CCCCC1)S(=O)(=O)CC=C(F)c1ccccc1. The molecule has 1 aromatic rings. The quantitative estimate of drug-likeness (QED) is 0.228. The molecule has 1 fully saturated rings. The van der Waals surface area contributed by atoms with Crippen LogP contribution in [0.4, 0.5) is 4.39 Å². The van der Waals surface area contributed by atoms with Gasteiger partial charge in [0.1, 0.15) is 5.83 Å². The monoisotopic (exact) mass is 426 g/mol. The lowest BCUT2D eigenvalue weighted by Gasteiger charge is -2.17. The van der Waals surface area contributed by atoms with E-state index in [1.54, 1.807) is 24.3 Å². The number of hydrogen-bond acceptors (Lipinski definition) is 4. The number of sulfone groups is 2. The van der Waals surface area contributed by atoms with Crippen molar-refractivity contribution in [2.45, 2.75) is 32.1 Å². The molecule has 28 heavy (non-hydrogen) atoms. The van der Waals surface area contributed by atoms with Crippen molar-refractivity contribution < 1.29 is 26.0 Å². The van der Waals surface area contributed by atoms with Crippen LogP contribution < -0.4 is 0 Å². The maximum absolute atomic E-state index is 14.1. The van der Waals surface area contributed by atoms with Crippen molar-refractivity contribution in [3.05, 3.63) is 59.7 Å². The van der Waals surface area contributed by atoms with E-state index in [1.165, 1.54) is 18.2 Å². The second-order valence-electron chi connectivity index (χ2n) is 6.67. The Kier molecular flexibility index (Phi) is 7.86. The molecule has 1 aromatic carbocycles. The molecule has 9 heteroatoms. The van der Waals surface area contributed by atoms with Gasteiger partial charge in [0.15, 0.2) is 0 Å². The topological polar surface area (TPSA) is 105 Å². The zero-order valence-electron chi connectivity index (χ0n) is 15.4. The van der Waals surface area contributed by atoms with Crippen LogP contribution in [0.3, 0.4) is 0 Å². The molecule has 0 saturated heterocycles. The molecule has 1 aliphatic carbocycles. The fraction of sp³-hybridized carbons (Fsp3) is 0.421. The molecule has 0 heterocycles. The number of halogens is 1. The van der Waals surface area contributed by atoms with E-state index in [1.807, 2.05) is 0 Å². The molecule has 1 aliphatic rings. The van der Waals surface area contributed by atoms with E-state index >= 15 is 0 Å². The largest absolute Gasteiger partial charge is 0.495 e. The summed E-state index contributed by atoms with van der Waals surface area (Å²) in [5.74, 6) is -2.06. The summed E-state index contributed by atoms with van der Waals surface area (Å²) >= 11 is 0. The number of nitrogens with zero attached hydrogens (tertiary/aromatic N) is 2. The molecule has 0 aromatic heterocycles. The van der Waals surface area contributed by atoms with Crippen LogP contribution in [-0.2, 0) is 19.7 Å². The molecule has 0 radical (unpaired) electrons. The number of allylic oxidation sites excluding steroid dienone is 1. The zero-order valence-corrected chi connectivity index (χ0v) is 17.0. The molecule has 0 N–H and O–H groups in total. The van der Waals surface area contributed by atoms with Gasteiger partial charge in [-0.15, -0.1) is 4.79 Å². The first-order valence-corrected chi connectivity index (χ1v) is 12.3. The van der Waals surface area contributed by atoms with Gasteiger partial charge in [0.25, 0.3) is 19.7 Å². The molecule has 0 unspecified atom stereocenters. The first-order chi connectivity index (χ1) is 13.3. The van der Waals surface area contributed by atoms with Crippen LogP contribution in [-0.4, -0.2) is 37.5 Å². The maximum Gasteiger partial charge on any atom is 0.495 e. The Morgan fingerprint density at radius 3 is 2.25 bits per heavy atom. The lowest BCUT2D eigenvalue weighted by molar-refractivity contribution is 0.00385. The van der Waals surface area contributed by atoms with Gasteiger partial charge >= 0.3 is 4.38 Å². The van der Waals surface area contributed by atoms with Gasteiger partial charge in [-0.25, -0.2) is 21.2 Å². The number of hydrogen-bond donors (Lipinski definition) is 0. The van der Waals surface area contributed by atoms with Gasteiger partial charge in [0.2, 0.25) is 0 Å². The average Bonchev–Trinajstić information content (AvgIpc) is 2.67. The Bertz CT molecular complexity index is 988. The van der Waals surface area contributed by atoms with Gasteiger partial charge < -0.3 is 5.53 Å². The van der Waals surface area contributed by atoms with E-state index in [4.69, 9.17) is 5.53 Å². The summed E-state index contributed by atoms with van der Waals surface area (Å²) in [6.45, 7) is 0. The minimum Gasteiger partial charge on any atom is -0.359 e. The Morgan fingerprint density at radius 1 is 1.04 bits per heavy atom. The van der Waals surface area contributed by atoms with Crippen LogP contribution in [0.25, 0.3) is 11.4 Å². The fourth-order valence-corrected chi connectivity index (χ4v) is 6.28. The molecule has 0 amide bonds.